The molecule has 0 fully saturated rings. The predicted molar refractivity (Wildman–Crippen MR) is 91.4 cm³/mol. The largest absolute Gasteiger partial charge is 0.459 e. The minimum atomic E-state index is -5.82. The van der Waals surface area contributed by atoms with Gasteiger partial charge in [-0.25, -0.2) is 9.50 Å². The van der Waals surface area contributed by atoms with Gasteiger partial charge >= 0.3 is 12.1 Å². The van der Waals surface area contributed by atoms with Gasteiger partial charge in [0.1, 0.15) is 5.69 Å². The van der Waals surface area contributed by atoms with Crippen LogP contribution in [0.15, 0.2) is 18.3 Å². The molecule has 0 radical (unpaired) electrons. The van der Waals surface area contributed by atoms with E-state index in [1.54, 1.807) is 17.9 Å². The lowest BCUT2D eigenvalue weighted by Crippen LogP contribution is -2.36. The van der Waals surface area contributed by atoms with Crippen LogP contribution in [0.25, 0.3) is 5.65 Å². The number of fused-ring (bicyclic) bond motifs is 1. The van der Waals surface area contributed by atoms with Crippen molar-refractivity contribution in [2.24, 2.45) is 7.05 Å². The van der Waals surface area contributed by atoms with Crippen LogP contribution in [0, 0.1) is 13.8 Å². The van der Waals surface area contributed by atoms with E-state index in [-0.39, 0.29) is 23.6 Å². The molecule has 0 aliphatic carbocycles. The molecule has 0 aliphatic rings. The molecule has 7 nitrogen and oxygen atoms in total. The molecule has 0 aliphatic heterocycles. The molecular weight excluding hydrogens is 399 g/mol. The predicted octanol–water partition coefficient (Wildman–Crippen LogP) is 3.01. The lowest BCUT2D eigenvalue weighted by molar-refractivity contribution is -0.291. The minimum absolute atomic E-state index is 0.0605. The van der Waals surface area contributed by atoms with E-state index in [1.165, 1.54) is 18.9 Å². The average Bonchev–Trinajstić information content (AvgIpc) is 3.17. The number of hydrogen-bond acceptors (Lipinski definition) is 4. The number of carbonyl (C=O) groups is 1. The number of amides is 1. The average molecular weight is 416 g/mol. The first-order valence-electron chi connectivity index (χ1n) is 8.38. The summed E-state index contributed by atoms with van der Waals surface area (Å²) in [6.45, 7) is 3.25. The van der Waals surface area contributed by atoms with Gasteiger partial charge in [0.2, 0.25) is 0 Å². The second-order valence-electron chi connectivity index (χ2n) is 6.69. The summed E-state index contributed by atoms with van der Waals surface area (Å²) in [5, 5.41) is 7.75. The van der Waals surface area contributed by atoms with E-state index in [9.17, 15) is 26.7 Å². The van der Waals surface area contributed by atoms with Gasteiger partial charge in [-0.05, 0) is 19.9 Å². The lowest BCUT2D eigenvalue weighted by atomic mass is 10.2. The summed E-state index contributed by atoms with van der Waals surface area (Å²) in [5.74, 6) is -5.82. The molecule has 1 amide bonds. The SMILES string of the molecule is Cc1cc(C(F)(F)C(F)(F)F)n2nc(C(=O)N(C)Cc3cnn(C)c3C)cc2n1. The van der Waals surface area contributed by atoms with Crippen molar-refractivity contribution in [3.8, 4) is 0 Å². The standard InChI is InChI=1S/C17H17F5N6O/c1-9-5-13(16(18,19)17(20,21)22)28-14(24-9)6-12(25-28)15(29)26(3)8-11-7-23-27(4)10(11)2/h5-7H,8H2,1-4H3. The third kappa shape index (κ3) is 3.54. The molecule has 0 bridgehead atoms. The fourth-order valence-electron chi connectivity index (χ4n) is 2.80. The fourth-order valence-corrected chi connectivity index (χ4v) is 2.80. The Bertz CT molecular complexity index is 1080. The highest BCUT2D eigenvalue weighted by molar-refractivity contribution is 5.93. The molecule has 3 rings (SSSR count). The highest BCUT2D eigenvalue weighted by Gasteiger charge is 2.60. The van der Waals surface area contributed by atoms with Crippen LogP contribution in [0.5, 0.6) is 0 Å². The summed E-state index contributed by atoms with van der Waals surface area (Å²) >= 11 is 0. The number of aromatic nitrogens is 5. The Morgan fingerprint density at radius 3 is 2.38 bits per heavy atom. The molecule has 156 valence electrons. The number of alkyl halides is 5. The Labute approximate surface area is 161 Å². The van der Waals surface area contributed by atoms with Crippen LogP contribution in [0.4, 0.5) is 22.0 Å². The van der Waals surface area contributed by atoms with E-state index in [4.69, 9.17) is 0 Å². The highest BCUT2D eigenvalue weighted by Crippen LogP contribution is 2.43. The molecule has 3 heterocycles. The molecule has 0 saturated heterocycles. The van der Waals surface area contributed by atoms with Crippen molar-refractivity contribution in [2.75, 3.05) is 7.05 Å². The first-order valence-corrected chi connectivity index (χ1v) is 8.38. The van der Waals surface area contributed by atoms with E-state index in [2.05, 4.69) is 15.2 Å². The summed E-state index contributed by atoms with van der Waals surface area (Å²) in [6.07, 6.45) is -4.24. The molecule has 0 unspecified atom stereocenters. The summed E-state index contributed by atoms with van der Waals surface area (Å²) in [6, 6.07) is 1.68. The highest BCUT2D eigenvalue weighted by atomic mass is 19.4. The van der Waals surface area contributed by atoms with E-state index in [0.29, 0.717) is 10.6 Å². The first kappa shape index (κ1) is 20.7. The molecule has 29 heavy (non-hydrogen) atoms. The van der Waals surface area contributed by atoms with Crippen molar-refractivity contribution < 1.29 is 26.7 Å². The number of carbonyl (C=O) groups excluding carboxylic acids is 1. The van der Waals surface area contributed by atoms with E-state index >= 15 is 0 Å². The van der Waals surface area contributed by atoms with Crippen LogP contribution in [-0.4, -0.2) is 48.4 Å². The maximum atomic E-state index is 14.0. The monoisotopic (exact) mass is 416 g/mol. The van der Waals surface area contributed by atoms with Gasteiger partial charge in [-0.2, -0.15) is 32.1 Å². The van der Waals surface area contributed by atoms with E-state index in [0.717, 1.165) is 17.3 Å². The van der Waals surface area contributed by atoms with Gasteiger partial charge in [-0.1, -0.05) is 0 Å². The zero-order valence-electron chi connectivity index (χ0n) is 15.9. The molecule has 0 spiro atoms. The van der Waals surface area contributed by atoms with Gasteiger partial charge < -0.3 is 4.90 Å². The second-order valence-corrected chi connectivity index (χ2v) is 6.69. The van der Waals surface area contributed by atoms with Crippen molar-refractivity contribution in [2.45, 2.75) is 32.5 Å². The van der Waals surface area contributed by atoms with Gasteiger partial charge in [-0.3, -0.25) is 9.48 Å². The van der Waals surface area contributed by atoms with Crippen LogP contribution < -0.4 is 0 Å². The lowest BCUT2D eigenvalue weighted by Gasteiger charge is -2.20. The zero-order chi connectivity index (χ0) is 21.7. The Kier molecular flexibility index (Phi) is 4.83. The topological polar surface area (TPSA) is 68.3 Å². The third-order valence-electron chi connectivity index (χ3n) is 4.54. The number of halogens is 5. The maximum absolute atomic E-state index is 14.0. The first-order chi connectivity index (χ1) is 13.3. The Morgan fingerprint density at radius 1 is 1.17 bits per heavy atom. The number of aryl methyl sites for hydroxylation is 2. The second kappa shape index (κ2) is 6.78. The Balaban J connectivity index is 2.00. The number of nitrogens with zero attached hydrogens (tertiary/aromatic N) is 6. The summed E-state index contributed by atoms with van der Waals surface area (Å²) in [5.41, 5.74) is -0.467. The van der Waals surface area contributed by atoms with Gasteiger partial charge in [0.25, 0.3) is 5.91 Å². The van der Waals surface area contributed by atoms with Crippen LogP contribution in [-0.2, 0) is 19.5 Å². The van der Waals surface area contributed by atoms with Crippen LogP contribution in [0.2, 0.25) is 0 Å². The van der Waals surface area contributed by atoms with Crippen molar-refractivity contribution in [3.63, 3.8) is 0 Å². The summed E-state index contributed by atoms with van der Waals surface area (Å²) < 4.78 is 68.5. The van der Waals surface area contributed by atoms with Crippen LogP contribution in [0.1, 0.15) is 33.1 Å². The van der Waals surface area contributed by atoms with E-state index < -0.39 is 23.7 Å². The summed E-state index contributed by atoms with van der Waals surface area (Å²) in [4.78, 5) is 17.8. The fraction of sp³-hybridized carbons (Fsp3) is 0.412. The van der Waals surface area contributed by atoms with E-state index in [1.807, 2.05) is 6.92 Å². The zero-order valence-corrected chi connectivity index (χ0v) is 15.9. The van der Waals surface area contributed by atoms with Gasteiger partial charge in [0.05, 0.1) is 6.20 Å². The normalized spacial score (nSPS) is 12.6. The van der Waals surface area contributed by atoms with Gasteiger partial charge in [0, 0.05) is 43.7 Å². The smallest absolute Gasteiger partial charge is 0.336 e. The van der Waals surface area contributed by atoms with Crippen LogP contribution in [0.3, 0.4) is 0 Å². The van der Waals surface area contributed by atoms with Crippen molar-refractivity contribution >= 4 is 11.6 Å². The Hall–Kier alpha value is -3.05. The van der Waals surface area contributed by atoms with Gasteiger partial charge in [0.15, 0.2) is 11.3 Å². The molecule has 3 aromatic heterocycles. The molecule has 12 heteroatoms. The maximum Gasteiger partial charge on any atom is 0.459 e. The van der Waals surface area contributed by atoms with Crippen molar-refractivity contribution in [3.05, 3.63) is 46.7 Å². The summed E-state index contributed by atoms with van der Waals surface area (Å²) in [7, 11) is 3.20. The van der Waals surface area contributed by atoms with Gasteiger partial charge in [-0.15, -0.1) is 0 Å². The molecule has 0 N–H and O–H groups in total. The third-order valence-corrected chi connectivity index (χ3v) is 4.54. The molecule has 0 atom stereocenters. The minimum Gasteiger partial charge on any atom is -0.336 e. The van der Waals surface area contributed by atoms with Crippen LogP contribution >= 0.6 is 0 Å². The molecule has 3 aromatic rings. The van der Waals surface area contributed by atoms with Crippen molar-refractivity contribution in [1.82, 2.24) is 29.3 Å². The van der Waals surface area contributed by atoms with Crippen molar-refractivity contribution in [1.29, 1.82) is 0 Å². The molecule has 0 saturated carbocycles. The molecular formula is C17H17F5N6O. The Morgan fingerprint density at radius 2 is 1.83 bits per heavy atom. The quantitative estimate of drug-likeness (QED) is 0.614. The number of hydrogen-bond donors (Lipinski definition) is 0. The number of rotatable bonds is 4. The molecule has 0 aromatic carbocycles.